The summed E-state index contributed by atoms with van der Waals surface area (Å²) in [6, 6.07) is 19.6. The second-order valence-electron chi connectivity index (χ2n) is 11.9. The van der Waals surface area contributed by atoms with Crippen LogP contribution in [0.15, 0.2) is 76.9 Å². The SMILES string of the molecule is CC(C)c1cccc2c1OCO2.COc1ccc(Sc2nc(N)nc3c2ncn3CCOCP(C)(C)=O)cc1.Cc1cccc2c1OCO2. The lowest BCUT2D eigenvalue weighted by atomic mass is 10.0. The molecular formula is C35H42N5O7PS. The van der Waals surface area contributed by atoms with E-state index in [2.05, 4.69) is 34.9 Å². The Balaban J connectivity index is 0.000000172. The van der Waals surface area contributed by atoms with Crippen molar-refractivity contribution >= 4 is 36.0 Å². The normalized spacial score (nSPS) is 12.7. The van der Waals surface area contributed by atoms with Crippen LogP contribution in [-0.2, 0) is 15.8 Å². The van der Waals surface area contributed by atoms with Crippen molar-refractivity contribution in [3.05, 3.63) is 78.1 Å². The highest BCUT2D eigenvalue weighted by molar-refractivity contribution is 7.99. The predicted octanol–water partition coefficient (Wildman–Crippen LogP) is 7.43. The summed E-state index contributed by atoms with van der Waals surface area (Å²) in [5, 5.41) is 0.689. The molecule has 0 bridgehead atoms. The molecule has 2 N–H and O–H groups in total. The van der Waals surface area contributed by atoms with Gasteiger partial charge in [0.05, 0.1) is 26.4 Å². The van der Waals surface area contributed by atoms with Gasteiger partial charge in [0.15, 0.2) is 28.6 Å². The molecule has 2 aliphatic heterocycles. The molecule has 0 spiro atoms. The van der Waals surface area contributed by atoms with Gasteiger partial charge in [-0.05, 0) is 68.1 Å². The Morgan fingerprint density at radius 1 is 0.939 bits per heavy atom. The molecule has 0 atom stereocenters. The molecule has 14 heteroatoms. The van der Waals surface area contributed by atoms with Crippen molar-refractivity contribution in [1.29, 1.82) is 0 Å². The Labute approximate surface area is 290 Å². The largest absolute Gasteiger partial charge is 0.497 e. The van der Waals surface area contributed by atoms with Crippen molar-refractivity contribution < 1.29 is 33.0 Å². The first kappa shape index (κ1) is 35.8. The molecule has 0 saturated carbocycles. The Morgan fingerprint density at radius 2 is 1.61 bits per heavy atom. The van der Waals surface area contributed by atoms with Crippen LogP contribution < -0.4 is 29.4 Å². The number of rotatable bonds is 9. The smallest absolute Gasteiger partial charge is 0.231 e. The van der Waals surface area contributed by atoms with Gasteiger partial charge in [-0.25, -0.2) is 9.97 Å². The second-order valence-corrected chi connectivity index (χ2v) is 16.4. The number of hydrogen-bond acceptors (Lipinski definition) is 12. The summed E-state index contributed by atoms with van der Waals surface area (Å²) in [6.45, 7) is 11.4. The van der Waals surface area contributed by atoms with Crippen LogP contribution in [0.3, 0.4) is 0 Å². The Kier molecular flexibility index (Phi) is 11.9. The molecule has 3 aromatic carbocycles. The molecule has 0 fully saturated rings. The van der Waals surface area contributed by atoms with E-state index in [1.807, 2.05) is 66.1 Å². The number of nitrogens with two attached hydrogens (primary N) is 1. The fourth-order valence-corrected chi connectivity index (χ4v) is 6.30. The highest BCUT2D eigenvalue weighted by Crippen LogP contribution is 2.39. The molecule has 0 amide bonds. The number of hydrogen-bond donors (Lipinski definition) is 1. The Morgan fingerprint density at radius 3 is 2.27 bits per heavy atom. The number of nitrogens with zero attached hydrogens (tertiary/aromatic N) is 4. The van der Waals surface area contributed by atoms with Gasteiger partial charge in [0, 0.05) is 17.0 Å². The van der Waals surface area contributed by atoms with E-state index in [9.17, 15) is 4.57 Å². The number of aryl methyl sites for hydroxylation is 1. The molecule has 7 rings (SSSR count). The zero-order valence-corrected chi connectivity index (χ0v) is 30.3. The van der Waals surface area contributed by atoms with Crippen molar-refractivity contribution in [1.82, 2.24) is 19.5 Å². The number of fused-ring (bicyclic) bond motifs is 3. The van der Waals surface area contributed by atoms with Crippen LogP contribution >= 0.6 is 18.9 Å². The Hall–Kier alpha value is -4.45. The maximum atomic E-state index is 11.7. The standard InChI is InChI=1S/C17H22N5O3PS.C10H12O2.C8H8O2/c1-24-12-4-6-13(7-5-12)27-16-14-15(20-17(18)21-16)22(10-19-14)8-9-25-11-26(2,3)23;1-7(2)8-4-3-5-9-10(8)12-6-11-9;1-6-3-2-4-7-8(6)10-5-9-7/h4-7,10H,8-9,11H2,1-3H3,(H2,18,20,21);3-5,7H,6H2,1-2H3;2-4H,5H2,1H3. The summed E-state index contributed by atoms with van der Waals surface area (Å²) >= 11 is 1.46. The number of aromatic nitrogens is 4. The van der Waals surface area contributed by atoms with Crippen molar-refractivity contribution in [2.75, 3.05) is 52.7 Å². The van der Waals surface area contributed by atoms with E-state index in [0.29, 0.717) is 48.8 Å². The lowest BCUT2D eigenvalue weighted by Gasteiger charge is -2.09. The van der Waals surface area contributed by atoms with E-state index in [4.69, 9.17) is 34.2 Å². The molecule has 0 radical (unpaired) electrons. The zero-order valence-electron chi connectivity index (χ0n) is 28.5. The van der Waals surface area contributed by atoms with Gasteiger partial charge < -0.3 is 43.3 Å². The molecule has 5 aromatic rings. The average Bonchev–Trinajstić information content (AvgIpc) is 3.84. The van der Waals surface area contributed by atoms with Gasteiger partial charge in [-0.2, -0.15) is 4.98 Å². The average molecular weight is 708 g/mol. The van der Waals surface area contributed by atoms with Gasteiger partial charge in [-0.1, -0.05) is 49.9 Å². The van der Waals surface area contributed by atoms with Crippen molar-refractivity contribution in [3.63, 3.8) is 0 Å². The summed E-state index contributed by atoms with van der Waals surface area (Å²) in [7, 11) is -0.554. The van der Waals surface area contributed by atoms with Crippen molar-refractivity contribution in [2.45, 2.75) is 43.2 Å². The van der Waals surface area contributed by atoms with Gasteiger partial charge >= 0.3 is 0 Å². The summed E-state index contributed by atoms with van der Waals surface area (Å²) in [5.41, 5.74) is 9.59. The van der Waals surface area contributed by atoms with Crippen LogP contribution in [0.4, 0.5) is 5.95 Å². The summed E-state index contributed by atoms with van der Waals surface area (Å²) in [6.07, 6.45) is 1.95. The molecule has 2 aromatic heterocycles. The summed E-state index contributed by atoms with van der Waals surface area (Å²) in [5.74, 6) is 5.02. The maximum absolute atomic E-state index is 11.7. The summed E-state index contributed by atoms with van der Waals surface area (Å²) < 4.78 is 45.2. The molecule has 0 aliphatic carbocycles. The first-order chi connectivity index (χ1) is 23.5. The van der Waals surface area contributed by atoms with Crippen LogP contribution in [0.25, 0.3) is 11.2 Å². The third-order valence-corrected chi connectivity index (χ3v) is 9.03. The molecule has 0 saturated heterocycles. The first-order valence-corrected chi connectivity index (χ1v) is 19.3. The number of methoxy groups -OCH3 is 1. The molecule has 4 heterocycles. The molecule has 260 valence electrons. The number of para-hydroxylation sites is 2. The minimum absolute atomic E-state index is 0.188. The van der Waals surface area contributed by atoms with E-state index >= 15 is 0 Å². The highest BCUT2D eigenvalue weighted by Gasteiger charge is 2.19. The predicted molar refractivity (Wildman–Crippen MR) is 191 cm³/mol. The van der Waals surface area contributed by atoms with Gasteiger partial charge in [0.25, 0.3) is 0 Å². The number of imidazole rings is 1. The van der Waals surface area contributed by atoms with E-state index < -0.39 is 7.14 Å². The topological polar surface area (TPSA) is 142 Å². The lowest BCUT2D eigenvalue weighted by Crippen LogP contribution is -2.07. The van der Waals surface area contributed by atoms with Crippen LogP contribution in [0.2, 0.25) is 0 Å². The Bertz CT molecular complexity index is 1910. The monoisotopic (exact) mass is 707 g/mol. The number of ether oxygens (including phenoxy) is 6. The first-order valence-electron chi connectivity index (χ1n) is 15.7. The molecule has 0 unspecified atom stereocenters. The van der Waals surface area contributed by atoms with Crippen molar-refractivity contribution in [2.24, 2.45) is 0 Å². The second kappa shape index (κ2) is 16.3. The third kappa shape index (κ3) is 9.59. The molecule has 49 heavy (non-hydrogen) atoms. The molecular weight excluding hydrogens is 665 g/mol. The number of benzene rings is 3. The maximum Gasteiger partial charge on any atom is 0.231 e. The highest BCUT2D eigenvalue weighted by atomic mass is 32.2. The van der Waals surface area contributed by atoms with Crippen LogP contribution in [-0.4, -0.2) is 66.5 Å². The quantitative estimate of drug-likeness (QED) is 0.0925. The van der Waals surface area contributed by atoms with Gasteiger partial charge in [0.2, 0.25) is 19.5 Å². The van der Waals surface area contributed by atoms with Crippen LogP contribution in [0.5, 0.6) is 28.7 Å². The van der Waals surface area contributed by atoms with E-state index in [1.54, 1.807) is 26.8 Å². The zero-order chi connectivity index (χ0) is 35.0. The fourth-order valence-electron chi connectivity index (χ4n) is 4.86. The fraction of sp³-hybridized carbons (Fsp3) is 0.343. The number of anilines is 1. The van der Waals surface area contributed by atoms with Crippen molar-refractivity contribution in [3.8, 4) is 28.7 Å². The lowest BCUT2D eigenvalue weighted by molar-refractivity contribution is 0.167. The van der Waals surface area contributed by atoms with E-state index in [0.717, 1.165) is 39.2 Å². The molecule has 2 aliphatic rings. The number of nitrogen functional groups attached to an aromatic ring is 1. The van der Waals surface area contributed by atoms with Gasteiger partial charge in [-0.3, -0.25) is 0 Å². The van der Waals surface area contributed by atoms with Crippen LogP contribution in [0, 0.1) is 6.92 Å². The van der Waals surface area contributed by atoms with E-state index in [1.165, 1.54) is 17.3 Å². The summed E-state index contributed by atoms with van der Waals surface area (Å²) in [4.78, 5) is 14.1. The minimum Gasteiger partial charge on any atom is -0.497 e. The van der Waals surface area contributed by atoms with Gasteiger partial charge in [0.1, 0.15) is 23.4 Å². The third-order valence-electron chi connectivity index (χ3n) is 7.24. The van der Waals surface area contributed by atoms with Crippen LogP contribution in [0.1, 0.15) is 30.9 Å². The minimum atomic E-state index is -2.19. The van der Waals surface area contributed by atoms with Gasteiger partial charge in [-0.15, -0.1) is 0 Å². The molecule has 12 nitrogen and oxygen atoms in total. The van der Waals surface area contributed by atoms with E-state index in [-0.39, 0.29) is 12.3 Å².